The van der Waals surface area contributed by atoms with Gasteiger partial charge in [0.05, 0.1) is 33.8 Å². The number of amides is 4. The van der Waals surface area contributed by atoms with Crippen LogP contribution in [0.4, 0.5) is 19.0 Å². The summed E-state index contributed by atoms with van der Waals surface area (Å²) in [5.74, 6) is -6.94. The number of hydrogen-bond donors (Lipinski definition) is 2. The minimum atomic E-state index is -4.74. The third kappa shape index (κ3) is 5.09. The predicted molar refractivity (Wildman–Crippen MR) is 177 cm³/mol. The van der Waals surface area contributed by atoms with Crippen molar-refractivity contribution < 1.29 is 37.5 Å². The minimum absolute atomic E-state index is 0.0161. The maximum Gasteiger partial charge on any atom is 0.417 e. The van der Waals surface area contributed by atoms with Gasteiger partial charge in [0.2, 0.25) is 11.8 Å². The molecule has 15 heteroatoms. The number of aromatic hydroxyl groups is 1. The molecule has 1 saturated carbocycles. The fourth-order valence-electron chi connectivity index (χ4n) is 8.39. The number of benzene rings is 2. The number of phenols is 1. The number of nitrogens with one attached hydrogen (secondary N) is 1. The molecule has 6 unspecified atom stereocenters. The fourth-order valence-corrected chi connectivity index (χ4v) is 9.01. The van der Waals surface area contributed by atoms with Gasteiger partial charge in [0.25, 0.3) is 11.8 Å². The van der Waals surface area contributed by atoms with E-state index in [1.807, 2.05) is 13.0 Å². The van der Waals surface area contributed by atoms with Crippen LogP contribution >= 0.6 is 34.8 Å². The van der Waals surface area contributed by atoms with Crippen LogP contribution in [0.2, 0.25) is 15.1 Å². The first-order chi connectivity index (χ1) is 23.7. The van der Waals surface area contributed by atoms with Crippen LogP contribution in [0.1, 0.15) is 48.8 Å². The lowest BCUT2D eigenvalue weighted by Crippen LogP contribution is -2.53. The number of carbonyl (C=O) groups excluding carboxylic acids is 4. The third-order valence-electron chi connectivity index (χ3n) is 10.4. The van der Waals surface area contributed by atoms with E-state index in [9.17, 15) is 32.7 Å². The van der Waals surface area contributed by atoms with E-state index >= 15 is 4.79 Å². The summed E-state index contributed by atoms with van der Waals surface area (Å²) < 4.78 is 40.2. The molecule has 9 nitrogen and oxygen atoms in total. The van der Waals surface area contributed by atoms with Crippen molar-refractivity contribution in [3.8, 4) is 5.75 Å². The highest BCUT2D eigenvalue weighted by Gasteiger charge is 2.70. The van der Waals surface area contributed by atoms with Crippen molar-refractivity contribution in [3.63, 3.8) is 0 Å². The lowest BCUT2D eigenvalue weighted by atomic mass is 9.49. The number of allylic oxidation sites excluding steroid dienone is 2. The number of halogens is 6. The molecule has 6 atom stereocenters. The van der Waals surface area contributed by atoms with Gasteiger partial charge in [-0.1, -0.05) is 71.6 Å². The van der Waals surface area contributed by atoms with Crippen molar-refractivity contribution in [2.75, 3.05) is 12.0 Å². The summed E-state index contributed by atoms with van der Waals surface area (Å²) in [6.45, 7) is 2.10. The number of fused-ring (bicyclic) bond motifs is 4. The van der Waals surface area contributed by atoms with Gasteiger partial charge in [0.15, 0.2) is 5.82 Å². The molecule has 7 rings (SSSR count). The average molecular weight is 748 g/mol. The van der Waals surface area contributed by atoms with Crippen molar-refractivity contribution in [1.82, 2.24) is 14.9 Å². The number of hydrazine groups is 1. The molecule has 260 valence electrons. The highest BCUT2D eigenvalue weighted by Crippen LogP contribution is 2.64. The molecule has 2 N–H and O–H groups in total. The summed E-state index contributed by atoms with van der Waals surface area (Å²) in [5, 5.41) is 11.0. The van der Waals surface area contributed by atoms with Gasteiger partial charge in [-0.25, -0.2) is 4.98 Å². The Kier molecular flexibility index (Phi) is 8.43. The molecule has 1 aromatic heterocycles. The first-order valence-electron chi connectivity index (χ1n) is 15.9. The summed E-state index contributed by atoms with van der Waals surface area (Å²) in [7, 11) is 0. The molecule has 4 amide bonds. The van der Waals surface area contributed by atoms with Crippen LogP contribution < -0.4 is 5.43 Å². The summed E-state index contributed by atoms with van der Waals surface area (Å²) >= 11 is 19.3. The fraction of sp³-hybridized carbons (Fsp3) is 0.343. The van der Waals surface area contributed by atoms with Crippen molar-refractivity contribution in [3.05, 3.63) is 98.1 Å². The molecule has 3 aromatic rings. The number of imide groups is 2. The SMILES string of the molecule is CCCN1C(=O)C2CC=C3C(CC4C(=O)N(Nc5ncc(C(F)(F)F)cc5Cl)C(=O)C4(c4ccc(Cl)cc4)C3c3ccc(O)cc3Cl)C2C1=O. The quantitative estimate of drug-likeness (QED) is 0.203. The Morgan fingerprint density at radius 1 is 0.960 bits per heavy atom. The van der Waals surface area contributed by atoms with E-state index in [1.54, 1.807) is 30.3 Å². The van der Waals surface area contributed by atoms with E-state index in [0.717, 1.165) is 0 Å². The first-order valence-corrected chi connectivity index (χ1v) is 17.0. The summed E-state index contributed by atoms with van der Waals surface area (Å²) in [4.78, 5) is 62.2. The van der Waals surface area contributed by atoms with Crippen molar-refractivity contribution in [1.29, 1.82) is 0 Å². The minimum Gasteiger partial charge on any atom is -0.508 e. The molecular weight excluding hydrogens is 720 g/mol. The zero-order chi connectivity index (χ0) is 35.9. The normalized spacial score (nSPS) is 27.7. The lowest BCUT2D eigenvalue weighted by molar-refractivity contribution is -0.141. The number of rotatable bonds is 6. The van der Waals surface area contributed by atoms with E-state index in [1.165, 1.54) is 17.0 Å². The van der Waals surface area contributed by atoms with Gasteiger partial charge in [-0.2, -0.15) is 18.2 Å². The summed E-state index contributed by atoms with van der Waals surface area (Å²) in [5.41, 5.74) is 1.13. The highest BCUT2D eigenvalue weighted by molar-refractivity contribution is 6.33. The third-order valence-corrected chi connectivity index (χ3v) is 11.3. The van der Waals surface area contributed by atoms with Gasteiger partial charge >= 0.3 is 6.18 Å². The second-order valence-electron chi connectivity index (χ2n) is 13.0. The monoisotopic (exact) mass is 746 g/mol. The number of anilines is 1. The molecular formula is C35H28Cl3F3N4O5. The van der Waals surface area contributed by atoms with Crippen molar-refractivity contribution in [2.45, 2.75) is 43.7 Å². The van der Waals surface area contributed by atoms with Gasteiger partial charge in [-0.3, -0.25) is 29.5 Å². The van der Waals surface area contributed by atoms with Crippen molar-refractivity contribution in [2.24, 2.45) is 23.7 Å². The van der Waals surface area contributed by atoms with E-state index in [4.69, 9.17) is 34.8 Å². The maximum absolute atomic E-state index is 15.1. The van der Waals surface area contributed by atoms with E-state index in [2.05, 4.69) is 10.4 Å². The Bertz CT molecular complexity index is 1990. The molecule has 50 heavy (non-hydrogen) atoms. The van der Waals surface area contributed by atoms with Crippen LogP contribution in [0.5, 0.6) is 5.75 Å². The van der Waals surface area contributed by atoms with Gasteiger partial charge in [-0.15, -0.1) is 0 Å². The van der Waals surface area contributed by atoms with E-state index in [0.29, 0.717) is 45.4 Å². The molecule has 0 spiro atoms. The molecule has 2 aliphatic carbocycles. The highest BCUT2D eigenvalue weighted by atomic mass is 35.5. The summed E-state index contributed by atoms with van der Waals surface area (Å²) in [6, 6.07) is 11.3. The van der Waals surface area contributed by atoms with Crippen molar-refractivity contribution >= 4 is 64.2 Å². The number of nitrogens with zero attached hydrogens (tertiary/aromatic N) is 3. The number of phenolic OH excluding ortho intramolecular Hbond substituents is 1. The van der Waals surface area contributed by atoms with Gasteiger partial charge < -0.3 is 5.11 Å². The molecule has 2 aliphatic heterocycles. The van der Waals surface area contributed by atoms with Gasteiger partial charge in [0, 0.05) is 28.7 Å². The molecule has 0 radical (unpaired) electrons. The van der Waals surface area contributed by atoms with Gasteiger partial charge in [0.1, 0.15) is 5.75 Å². The largest absolute Gasteiger partial charge is 0.508 e. The Morgan fingerprint density at radius 2 is 1.68 bits per heavy atom. The zero-order valence-corrected chi connectivity index (χ0v) is 28.4. The Balaban J connectivity index is 1.44. The van der Waals surface area contributed by atoms with E-state index < -0.39 is 63.6 Å². The molecule has 0 bridgehead atoms. The molecule has 2 saturated heterocycles. The predicted octanol–water partition coefficient (Wildman–Crippen LogP) is 7.16. The number of likely N-dealkylation sites (tertiary alicyclic amines) is 1. The van der Waals surface area contributed by atoms with Crippen LogP contribution in [0.25, 0.3) is 0 Å². The number of aromatic nitrogens is 1. The number of pyridine rings is 1. The molecule has 2 aromatic carbocycles. The summed E-state index contributed by atoms with van der Waals surface area (Å²) in [6.07, 6.45) is -1.60. The lowest BCUT2D eigenvalue weighted by Gasteiger charge is -2.50. The average Bonchev–Trinajstić information content (AvgIpc) is 3.43. The number of carbonyl (C=O) groups is 4. The van der Waals surface area contributed by atoms with Crippen LogP contribution in [0.15, 0.2) is 66.4 Å². The zero-order valence-electron chi connectivity index (χ0n) is 26.2. The smallest absolute Gasteiger partial charge is 0.417 e. The standard InChI is InChI=1S/C35H28Cl3F3N4O5/c1-2-11-44-30(47)22-10-9-20-23(27(22)32(44)49)14-24-31(48)45(43-29-26(38)12-17(15-42-29)35(39,40)41)33(50)34(24,16-3-5-18(36)6-4-16)28(20)21-8-7-19(46)13-25(21)37/h3-9,12-13,15,22-24,27-28,46H,2,10-11,14H2,1H3,(H,42,43). The van der Waals surface area contributed by atoms with Crippen LogP contribution in [-0.4, -0.2) is 50.2 Å². The Morgan fingerprint density at radius 3 is 2.32 bits per heavy atom. The molecule has 3 fully saturated rings. The second kappa shape index (κ2) is 12.3. The second-order valence-corrected chi connectivity index (χ2v) is 14.2. The van der Waals surface area contributed by atoms with Gasteiger partial charge in [-0.05, 0) is 66.6 Å². The molecule has 3 heterocycles. The number of hydrogen-bond acceptors (Lipinski definition) is 7. The van der Waals surface area contributed by atoms with Crippen LogP contribution in [-0.2, 0) is 30.8 Å². The van der Waals surface area contributed by atoms with E-state index in [-0.39, 0.29) is 47.8 Å². The topological polar surface area (TPSA) is 120 Å². The Hall–Kier alpha value is -4.13. The Labute approximate surface area is 299 Å². The van der Waals surface area contributed by atoms with Crippen LogP contribution in [0.3, 0.4) is 0 Å². The first kappa shape index (κ1) is 34.3. The van der Waals surface area contributed by atoms with Crippen LogP contribution in [0, 0.1) is 23.7 Å². The molecule has 4 aliphatic rings. The maximum atomic E-state index is 15.1. The number of alkyl halides is 3.